The lowest BCUT2D eigenvalue weighted by Gasteiger charge is -2.45. The summed E-state index contributed by atoms with van der Waals surface area (Å²) >= 11 is 0. The van der Waals surface area contributed by atoms with E-state index in [4.69, 9.17) is 0 Å². The summed E-state index contributed by atoms with van der Waals surface area (Å²) < 4.78 is 0. The smallest absolute Gasteiger partial charge is 0.249 e. The van der Waals surface area contributed by atoms with Crippen LogP contribution in [-0.2, 0) is 16.1 Å². The first kappa shape index (κ1) is 15.1. The molecule has 22 heavy (non-hydrogen) atoms. The molecular formula is C18H24N2O2. The van der Waals surface area contributed by atoms with Gasteiger partial charge in [-0.3, -0.25) is 9.59 Å². The molecule has 0 aromatic heterocycles. The van der Waals surface area contributed by atoms with Gasteiger partial charge in [-0.1, -0.05) is 43.7 Å². The molecule has 2 aliphatic rings. The third kappa shape index (κ3) is 2.62. The molecule has 1 heterocycles. The van der Waals surface area contributed by atoms with E-state index < -0.39 is 5.54 Å². The molecule has 2 atom stereocenters. The van der Waals surface area contributed by atoms with Gasteiger partial charge in [-0.15, -0.1) is 0 Å². The highest BCUT2D eigenvalue weighted by atomic mass is 16.2. The van der Waals surface area contributed by atoms with Gasteiger partial charge in [0.15, 0.2) is 0 Å². The van der Waals surface area contributed by atoms with E-state index in [1.165, 1.54) is 0 Å². The average Bonchev–Trinajstić information content (AvgIpc) is 3.35. The lowest BCUT2D eigenvalue weighted by Crippen LogP contribution is -2.69. The first-order valence-corrected chi connectivity index (χ1v) is 8.23. The topological polar surface area (TPSA) is 49.4 Å². The maximum Gasteiger partial charge on any atom is 0.249 e. The van der Waals surface area contributed by atoms with Crippen LogP contribution in [0.5, 0.6) is 0 Å². The van der Waals surface area contributed by atoms with Crippen molar-refractivity contribution in [3.63, 3.8) is 0 Å². The van der Waals surface area contributed by atoms with Crippen LogP contribution < -0.4 is 5.32 Å². The molecular weight excluding hydrogens is 276 g/mol. The second-order valence-electron chi connectivity index (χ2n) is 6.69. The summed E-state index contributed by atoms with van der Waals surface area (Å²) in [5.74, 6) is 0.383. The Hall–Kier alpha value is -1.84. The average molecular weight is 300 g/mol. The molecule has 2 fully saturated rings. The maximum absolute atomic E-state index is 13.1. The molecule has 2 amide bonds. The Kier molecular flexibility index (Phi) is 3.94. The fourth-order valence-corrected chi connectivity index (χ4v) is 3.43. The first-order valence-electron chi connectivity index (χ1n) is 8.23. The van der Waals surface area contributed by atoms with Gasteiger partial charge in [-0.25, -0.2) is 0 Å². The summed E-state index contributed by atoms with van der Waals surface area (Å²) in [6.45, 7) is 4.46. The third-order valence-corrected chi connectivity index (χ3v) is 4.92. The van der Waals surface area contributed by atoms with Gasteiger partial charge >= 0.3 is 0 Å². The zero-order chi connectivity index (χ0) is 15.7. The minimum Gasteiger partial charge on any atom is -0.340 e. The van der Waals surface area contributed by atoms with Crippen LogP contribution in [0.3, 0.4) is 0 Å². The fraction of sp³-hybridized carbons (Fsp3) is 0.556. The Bertz CT molecular complexity index is 568. The molecule has 0 spiro atoms. The summed E-state index contributed by atoms with van der Waals surface area (Å²) in [6.07, 6.45) is 3.65. The van der Waals surface area contributed by atoms with Gasteiger partial charge < -0.3 is 10.2 Å². The van der Waals surface area contributed by atoms with Crippen LogP contribution in [0.1, 0.15) is 45.1 Å². The molecule has 4 heteroatoms. The Balaban J connectivity index is 1.89. The van der Waals surface area contributed by atoms with Crippen LogP contribution in [0.25, 0.3) is 0 Å². The van der Waals surface area contributed by atoms with Gasteiger partial charge in [0.2, 0.25) is 11.8 Å². The molecule has 1 aromatic rings. The van der Waals surface area contributed by atoms with Crippen molar-refractivity contribution in [3.8, 4) is 0 Å². The number of rotatable bonds is 5. The molecule has 118 valence electrons. The summed E-state index contributed by atoms with van der Waals surface area (Å²) in [5, 5.41) is 3.02. The number of amides is 2. The monoisotopic (exact) mass is 300 g/mol. The van der Waals surface area contributed by atoms with E-state index in [9.17, 15) is 9.59 Å². The molecule has 4 nitrogen and oxygen atoms in total. The van der Waals surface area contributed by atoms with Crippen molar-refractivity contribution >= 4 is 11.8 Å². The van der Waals surface area contributed by atoms with Crippen LogP contribution in [0, 0.1) is 5.92 Å². The Morgan fingerprint density at radius 2 is 1.91 bits per heavy atom. The van der Waals surface area contributed by atoms with Gasteiger partial charge in [-0.2, -0.15) is 0 Å². The highest BCUT2D eigenvalue weighted by molar-refractivity contribution is 6.00. The largest absolute Gasteiger partial charge is 0.340 e. The van der Waals surface area contributed by atoms with Crippen LogP contribution in [-0.4, -0.2) is 28.3 Å². The van der Waals surface area contributed by atoms with E-state index >= 15 is 0 Å². The van der Waals surface area contributed by atoms with E-state index in [1.54, 1.807) is 4.90 Å². The number of carbonyl (C=O) groups excluding carboxylic acids is 2. The summed E-state index contributed by atoms with van der Waals surface area (Å²) in [6, 6.07) is 9.59. The quantitative estimate of drug-likeness (QED) is 0.908. The zero-order valence-electron chi connectivity index (χ0n) is 13.3. The molecule has 0 bridgehead atoms. The number of hydrogen-bond donors (Lipinski definition) is 1. The predicted molar refractivity (Wildman–Crippen MR) is 85.0 cm³/mol. The van der Waals surface area contributed by atoms with Crippen LogP contribution in [0.4, 0.5) is 0 Å². The maximum atomic E-state index is 13.1. The predicted octanol–water partition coefficient (Wildman–Crippen LogP) is 2.48. The fourth-order valence-electron chi connectivity index (χ4n) is 3.43. The van der Waals surface area contributed by atoms with Gasteiger partial charge in [0.05, 0.1) is 0 Å². The van der Waals surface area contributed by atoms with Crippen molar-refractivity contribution in [2.75, 3.05) is 0 Å². The molecule has 1 N–H and O–H groups in total. The van der Waals surface area contributed by atoms with E-state index in [-0.39, 0.29) is 17.9 Å². The molecule has 3 rings (SSSR count). The second-order valence-corrected chi connectivity index (χ2v) is 6.69. The lowest BCUT2D eigenvalue weighted by molar-refractivity contribution is -0.156. The number of piperazine rings is 1. The SMILES string of the molecule is CCCC1C(=O)NC(C)(C2CC2)C(=O)N1Cc1ccccc1. The molecule has 1 aliphatic carbocycles. The number of hydrogen-bond acceptors (Lipinski definition) is 2. The van der Waals surface area contributed by atoms with Crippen LogP contribution in [0.15, 0.2) is 30.3 Å². The standard InChI is InChI=1S/C18H24N2O2/c1-3-7-15-16(21)19-18(2,14-10-11-14)17(22)20(15)12-13-8-5-4-6-9-13/h4-6,8-9,14-15H,3,7,10-12H2,1-2H3,(H,19,21). The highest BCUT2D eigenvalue weighted by Gasteiger charge is 2.54. The molecule has 2 unspecified atom stereocenters. The van der Waals surface area contributed by atoms with Crippen LogP contribution >= 0.6 is 0 Å². The molecule has 1 saturated heterocycles. The zero-order valence-corrected chi connectivity index (χ0v) is 13.3. The van der Waals surface area contributed by atoms with Crippen molar-refractivity contribution in [3.05, 3.63) is 35.9 Å². The number of nitrogens with zero attached hydrogens (tertiary/aromatic N) is 1. The number of benzene rings is 1. The molecule has 1 aromatic carbocycles. The molecule has 0 radical (unpaired) electrons. The lowest BCUT2D eigenvalue weighted by atomic mass is 9.88. The van der Waals surface area contributed by atoms with Gasteiger partial charge in [0.1, 0.15) is 11.6 Å². The Labute approximate surface area is 131 Å². The van der Waals surface area contributed by atoms with Crippen molar-refractivity contribution < 1.29 is 9.59 Å². The highest BCUT2D eigenvalue weighted by Crippen LogP contribution is 2.42. The van der Waals surface area contributed by atoms with Crippen molar-refractivity contribution in [1.29, 1.82) is 0 Å². The van der Waals surface area contributed by atoms with Gasteiger partial charge in [0, 0.05) is 6.54 Å². The van der Waals surface area contributed by atoms with Gasteiger partial charge in [-0.05, 0) is 37.7 Å². The second kappa shape index (κ2) is 5.75. The van der Waals surface area contributed by atoms with Crippen molar-refractivity contribution in [2.24, 2.45) is 5.92 Å². The number of nitrogens with one attached hydrogen (secondary N) is 1. The van der Waals surface area contributed by atoms with E-state index in [0.29, 0.717) is 18.9 Å². The minimum absolute atomic E-state index is 0.00628. The van der Waals surface area contributed by atoms with E-state index in [0.717, 1.165) is 24.8 Å². The van der Waals surface area contributed by atoms with Gasteiger partial charge in [0.25, 0.3) is 0 Å². The molecule has 1 saturated carbocycles. The van der Waals surface area contributed by atoms with Crippen molar-refractivity contribution in [2.45, 2.75) is 57.7 Å². The van der Waals surface area contributed by atoms with E-state index in [1.807, 2.05) is 44.2 Å². The Morgan fingerprint density at radius 3 is 2.50 bits per heavy atom. The first-order chi connectivity index (χ1) is 10.6. The molecule has 1 aliphatic heterocycles. The minimum atomic E-state index is -0.712. The number of carbonyl (C=O) groups is 2. The Morgan fingerprint density at radius 1 is 1.23 bits per heavy atom. The van der Waals surface area contributed by atoms with E-state index in [2.05, 4.69) is 5.32 Å². The van der Waals surface area contributed by atoms with Crippen molar-refractivity contribution in [1.82, 2.24) is 10.2 Å². The van der Waals surface area contributed by atoms with Crippen LogP contribution in [0.2, 0.25) is 0 Å². The summed E-state index contributed by atoms with van der Waals surface area (Å²) in [4.78, 5) is 27.4. The summed E-state index contributed by atoms with van der Waals surface area (Å²) in [7, 11) is 0. The normalized spacial score (nSPS) is 28.6. The third-order valence-electron chi connectivity index (χ3n) is 4.92. The summed E-state index contributed by atoms with van der Waals surface area (Å²) in [5.41, 5.74) is 0.362.